The molecule has 0 aliphatic rings. The quantitative estimate of drug-likeness (QED) is 0.641. The third-order valence-corrected chi connectivity index (χ3v) is 1.67. The van der Waals surface area contributed by atoms with Crippen molar-refractivity contribution < 1.29 is 22.6 Å². The number of ether oxygens (including phenoxy) is 2. The zero-order valence-corrected chi connectivity index (χ0v) is 9.06. The molecular formula is C9H18F3NO2. The van der Waals surface area contributed by atoms with Gasteiger partial charge in [0.25, 0.3) is 0 Å². The standard InChI is InChI=1S/C9H18F3NO2/c1-8(15-7-9(10,11)12)6-13-4-3-5-14-2/h8,13H,3-7H2,1-2H3. The van der Waals surface area contributed by atoms with Crippen LogP contribution >= 0.6 is 0 Å². The average Bonchev–Trinajstić information content (AvgIpc) is 2.13. The van der Waals surface area contributed by atoms with E-state index in [9.17, 15) is 13.2 Å². The molecule has 0 bridgehead atoms. The Morgan fingerprint density at radius 1 is 1.33 bits per heavy atom. The monoisotopic (exact) mass is 229 g/mol. The minimum Gasteiger partial charge on any atom is -0.385 e. The molecular weight excluding hydrogens is 211 g/mol. The van der Waals surface area contributed by atoms with Gasteiger partial charge >= 0.3 is 6.18 Å². The molecule has 0 heterocycles. The second-order valence-electron chi connectivity index (χ2n) is 3.29. The molecule has 0 aromatic heterocycles. The van der Waals surface area contributed by atoms with Crippen LogP contribution < -0.4 is 5.32 Å². The summed E-state index contributed by atoms with van der Waals surface area (Å²) in [5, 5.41) is 2.98. The predicted molar refractivity (Wildman–Crippen MR) is 50.8 cm³/mol. The topological polar surface area (TPSA) is 30.5 Å². The highest BCUT2D eigenvalue weighted by Gasteiger charge is 2.28. The first kappa shape index (κ1) is 14.7. The van der Waals surface area contributed by atoms with Crippen LogP contribution in [0.3, 0.4) is 0 Å². The summed E-state index contributed by atoms with van der Waals surface area (Å²) in [4.78, 5) is 0. The maximum absolute atomic E-state index is 11.7. The van der Waals surface area contributed by atoms with Gasteiger partial charge in [-0.1, -0.05) is 0 Å². The normalized spacial score (nSPS) is 14.2. The Kier molecular flexibility index (Phi) is 7.72. The lowest BCUT2D eigenvalue weighted by atomic mass is 10.3. The lowest BCUT2D eigenvalue weighted by molar-refractivity contribution is -0.183. The Hall–Kier alpha value is -0.330. The Balaban J connectivity index is 3.30. The number of halogens is 3. The minimum absolute atomic E-state index is 0.416. The SMILES string of the molecule is COCCCNCC(C)OCC(F)(F)F. The van der Waals surface area contributed by atoms with Gasteiger partial charge in [0, 0.05) is 20.3 Å². The Morgan fingerprint density at radius 3 is 2.53 bits per heavy atom. The van der Waals surface area contributed by atoms with E-state index in [1.54, 1.807) is 14.0 Å². The van der Waals surface area contributed by atoms with Crippen LogP contribution in [0.15, 0.2) is 0 Å². The second-order valence-corrected chi connectivity index (χ2v) is 3.29. The van der Waals surface area contributed by atoms with Gasteiger partial charge in [0.1, 0.15) is 6.61 Å². The summed E-state index contributed by atoms with van der Waals surface area (Å²) in [7, 11) is 1.61. The molecule has 0 saturated heterocycles. The molecule has 1 unspecified atom stereocenters. The fraction of sp³-hybridized carbons (Fsp3) is 1.00. The lowest BCUT2D eigenvalue weighted by Gasteiger charge is -2.15. The molecule has 92 valence electrons. The molecule has 15 heavy (non-hydrogen) atoms. The first-order valence-electron chi connectivity index (χ1n) is 4.83. The van der Waals surface area contributed by atoms with E-state index in [-0.39, 0.29) is 0 Å². The van der Waals surface area contributed by atoms with Crippen molar-refractivity contribution in [2.75, 3.05) is 33.4 Å². The van der Waals surface area contributed by atoms with E-state index in [4.69, 9.17) is 4.74 Å². The molecule has 0 aliphatic heterocycles. The van der Waals surface area contributed by atoms with Crippen LogP contribution in [0.1, 0.15) is 13.3 Å². The van der Waals surface area contributed by atoms with E-state index in [0.717, 1.165) is 6.42 Å². The van der Waals surface area contributed by atoms with Crippen LogP contribution in [-0.2, 0) is 9.47 Å². The minimum atomic E-state index is -4.25. The second kappa shape index (κ2) is 7.90. The van der Waals surface area contributed by atoms with Crippen LogP contribution in [0.4, 0.5) is 13.2 Å². The van der Waals surface area contributed by atoms with E-state index in [1.165, 1.54) is 0 Å². The first-order chi connectivity index (χ1) is 6.95. The highest BCUT2D eigenvalue weighted by molar-refractivity contribution is 4.57. The Morgan fingerprint density at radius 2 is 2.00 bits per heavy atom. The van der Waals surface area contributed by atoms with Crippen molar-refractivity contribution in [3.63, 3.8) is 0 Å². The van der Waals surface area contributed by atoms with Gasteiger partial charge in [-0.05, 0) is 19.9 Å². The van der Waals surface area contributed by atoms with Crippen molar-refractivity contribution in [2.45, 2.75) is 25.6 Å². The third kappa shape index (κ3) is 11.6. The number of nitrogens with one attached hydrogen (secondary N) is 1. The zero-order chi connectivity index (χ0) is 11.7. The molecule has 0 aromatic carbocycles. The van der Waals surface area contributed by atoms with E-state index in [1.807, 2.05) is 0 Å². The van der Waals surface area contributed by atoms with Gasteiger partial charge in [0.2, 0.25) is 0 Å². The van der Waals surface area contributed by atoms with Gasteiger partial charge < -0.3 is 14.8 Å². The average molecular weight is 229 g/mol. The summed E-state index contributed by atoms with van der Waals surface area (Å²) in [6, 6.07) is 0. The molecule has 3 nitrogen and oxygen atoms in total. The fourth-order valence-corrected chi connectivity index (χ4v) is 0.943. The highest BCUT2D eigenvalue weighted by Crippen LogP contribution is 2.15. The van der Waals surface area contributed by atoms with Crippen LogP contribution in [0, 0.1) is 0 Å². The Bertz CT molecular complexity index is 153. The van der Waals surface area contributed by atoms with Gasteiger partial charge in [-0.15, -0.1) is 0 Å². The molecule has 0 aromatic rings. The predicted octanol–water partition coefficient (Wildman–Crippen LogP) is 1.58. The van der Waals surface area contributed by atoms with Gasteiger partial charge in [0.05, 0.1) is 6.10 Å². The molecule has 0 radical (unpaired) electrons. The number of hydrogen-bond donors (Lipinski definition) is 1. The van der Waals surface area contributed by atoms with Gasteiger partial charge in [0.15, 0.2) is 0 Å². The van der Waals surface area contributed by atoms with Crippen LogP contribution in [0.25, 0.3) is 0 Å². The summed E-state index contributed by atoms with van der Waals surface area (Å²) in [5.74, 6) is 0. The smallest absolute Gasteiger partial charge is 0.385 e. The summed E-state index contributed by atoms with van der Waals surface area (Å²) in [5.41, 5.74) is 0. The summed E-state index contributed by atoms with van der Waals surface area (Å²) in [6.45, 7) is 2.20. The molecule has 0 spiro atoms. The van der Waals surface area contributed by atoms with E-state index >= 15 is 0 Å². The Labute approximate surface area is 87.9 Å². The molecule has 0 rings (SSSR count). The summed E-state index contributed by atoms with van der Waals surface area (Å²) < 4.78 is 44.6. The van der Waals surface area contributed by atoms with Crippen molar-refractivity contribution in [1.82, 2.24) is 5.32 Å². The van der Waals surface area contributed by atoms with Gasteiger partial charge in [-0.25, -0.2) is 0 Å². The maximum atomic E-state index is 11.7. The zero-order valence-electron chi connectivity index (χ0n) is 9.06. The van der Waals surface area contributed by atoms with Crippen LogP contribution in [0.2, 0.25) is 0 Å². The summed E-state index contributed by atoms with van der Waals surface area (Å²) >= 11 is 0. The maximum Gasteiger partial charge on any atom is 0.411 e. The van der Waals surface area contributed by atoms with E-state index in [2.05, 4.69) is 10.1 Å². The van der Waals surface area contributed by atoms with Crippen LogP contribution in [0.5, 0.6) is 0 Å². The molecule has 0 saturated carbocycles. The van der Waals surface area contributed by atoms with Crippen molar-refractivity contribution in [2.24, 2.45) is 0 Å². The molecule has 0 amide bonds. The number of rotatable bonds is 8. The molecule has 0 aliphatic carbocycles. The fourth-order valence-electron chi connectivity index (χ4n) is 0.943. The first-order valence-corrected chi connectivity index (χ1v) is 4.83. The largest absolute Gasteiger partial charge is 0.411 e. The lowest BCUT2D eigenvalue weighted by Crippen LogP contribution is -2.31. The van der Waals surface area contributed by atoms with Crippen molar-refractivity contribution in [3.05, 3.63) is 0 Å². The van der Waals surface area contributed by atoms with Crippen molar-refractivity contribution >= 4 is 0 Å². The van der Waals surface area contributed by atoms with E-state index in [0.29, 0.717) is 19.7 Å². The summed E-state index contributed by atoms with van der Waals surface area (Å²) in [6.07, 6.45) is -3.85. The van der Waals surface area contributed by atoms with Gasteiger partial charge in [-0.3, -0.25) is 0 Å². The third-order valence-electron chi connectivity index (χ3n) is 1.67. The van der Waals surface area contributed by atoms with E-state index < -0.39 is 18.9 Å². The molecule has 1 atom stereocenters. The number of hydrogen-bond acceptors (Lipinski definition) is 3. The highest BCUT2D eigenvalue weighted by atomic mass is 19.4. The molecule has 6 heteroatoms. The van der Waals surface area contributed by atoms with Crippen molar-refractivity contribution in [3.8, 4) is 0 Å². The molecule has 1 N–H and O–H groups in total. The molecule has 0 fully saturated rings. The van der Waals surface area contributed by atoms with Crippen LogP contribution in [-0.4, -0.2) is 45.7 Å². The number of alkyl halides is 3. The van der Waals surface area contributed by atoms with Gasteiger partial charge in [-0.2, -0.15) is 13.2 Å². The number of methoxy groups -OCH3 is 1. The van der Waals surface area contributed by atoms with Crippen molar-refractivity contribution in [1.29, 1.82) is 0 Å².